The van der Waals surface area contributed by atoms with Crippen molar-refractivity contribution in [1.29, 1.82) is 0 Å². The molecule has 0 spiro atoms. The Morgan fingerprint density at radius 2 is 0.957 bits per heavy atom. The van der Waals surface area contributed by atoms with Crippen LogP contribution in [0.4, 0.5) is 20.2 Å². The smallest absolute Gasteiger partial charge is 0.123 e. The highest BCUT2D eigenvalue weighted by atomic mass is 32.2. The SMILES string of the molecule is CC1=C(c2ccccc2)S/C(=C2/SC(c3cccc(C)c3)=C(C)N2c2cccc3cc(F)ccc23)N1c1cccc2cc(F)ccc12. The largest absolute Gasteiger partial charge is 0.305 e. The molecule has 2 nitrogen and oxygen atoms in total. The van der Waals surface area contributed by atoms with Gasteiger partial charge in [-0.25, -0.2) is 8.78 Å². The first-order chi connectivity index (χ1) is 22.9. The first kappa shape index (κ1) is 29.6. The monoisotopic (exact) mass is 652 g/mol. The van der Waals surface area contributed by atoms with E-state index in [4.69, 9.17) is 0 Å². The highest BCUT2D eigenvalue weighted by molar-refractivity contribution is 8.15. The van der Waals surface area contributed by atoms with Gasteiger partial charge in [0.1, 0.15) is 21.7 Å². The topological polar surface area (TPSA) is 6.48 Å². The van der Waals surface area contributed by atoms with E-state index in [2.05, 4.69) is 91.2 Å². The Morgan fingerprint density at radius 1 is 0.468 bits per heavy atom. The van der Waals surface area contributed by atoms with Crippen molar-refractivity contribution in [3.8, 4) is 0 Å². The fourth-order valence-corrected chi connectivity index (χ4v) is 9.20. The minimum absolute atomic E-state index is 0.256. The molecule has 0 fully saturated rings. The first-order valence-corrected chi connectivity index (χ1v) is 17.1. The summed E-state index contributed by atoms with van der Waals surface area (Å²) in [5.74, 6) is -0.511. The average molecular weight is 653 g/mol. The van der Waals surface area contributed by atoms with E-state index in [1.807, 2.05) is 42.5 Å². The number of thioether (sulfide) groups is 2. The fraction of sp³-hybridized carbons (Fsp3) is 0.0732. The summed E-state index contributed by atoms with van der Waals surface area (Å²) in [4.78, 5) is 7.00. The lowest BCUT2D eigenvalue weighted by molar-refractivity contribution is 0.629. The van der Waals surface area contributed by atoms with Gasteiger partial charge < -0.3 is 9.80 Å². The third-order valence-corrected chi connectivity index (χ3v) is 11.5. The van der Waals surface area contributed by atoms with Gasteiger partial charge >= 0.3 is 0 Å². The van der Waals surface area contributed by atoms with Gasteiger partial charge in [0.2, 0.25) is 0 Å². The zero-order chi connectivity index (χ0) is 32.2. The van der Waals surface area contributed by atoms with Gasteiger partial charge in [-0.15, -0.1) is 0 Å². The van der Waals surface area contributed by atoms with Crippen molar-refractivity contribution >= 4 is 66.3 Å². The average Bonchev–Trinajstić information content (AvgIpc) is 3.60. The second-order valence-electron chi connectivity index (χ2n) is 11.8. The van der Waals surface area contributed by atoms with Gasteiger partial charge in [-0.2, -0.15) is 0 Å². The summed E-state index contributed by atoms with van der Waals surface area (Å²) >= 11 is 3.51. The maximum atomic E-state index is 14.4. The lowest BCUT2D eigenvalue weighted by Crippen LogP contribution is -2.22. The second-order valence-corrected chi connectivity index (χ2v) is 13.8. The number of nitrogens with zero attached hydrogens (tertiary/aromatic N) is 2. The van der Waals surface area contributed by atoms with Crippen LogP contribution < -0.4 is 9.80 Å². The minimum Gasteiger partial charge on any atom is -0.305 e. The molecule has 0 atom stereocenters. The molecule has 8 rings (SSSR count). The fourth-order valence-electron chi connectivity index (χ4n) is 6.58. The van der Waals surface area contributed by atoms with Gasteiger partial charge in [-0.3, -0.25) is 0 Å². The van der Waals surface area contributed by atoms with Crippen molar-refractivity contribution in [2.75, 3.05) is 9.80 Å². The van der Waals surface area contributed by atoms with E-state index in [-0.39, 0.29) is 11.6 Å². The number of anilines is 2. The Labute approximate surface area is 281 Å². The Hall–Kier alpha value is -4.78. The van der Waals surface area contributed by atoms with E-state index in [1.165, 1.54) is 22.6 Å². The molecule has 0 N–H and O–H groups in total. The van der Waals surface area contributed by atoms with E-state index in [1.54, 1.807) is 35.7 Å². The molecule has 47 heavy (non-hydrogen) atoms. The number of halogens is 2. The summed E-state index contributed by atoms with van der Waals surface area (Å²) in [7, 11) is 0. The summed E-state index contributed by atoms with van der Waals surface area (Å²) in [5, 5.41) is 5.76. The lowest BCUT2D eigenvalue weighted by atomic mass is 10.1. The van der Waals surface area contributed by atoms with Crippen molar-refractivity contribution in [2.45, 2.75) is 20.8 Å². The summed E-state index contributed by atoms with van der Waals surface area (Å²) in [6.07, 6.45) is 0. The van der Waals surface area contributed by atoms with Crippen LogP contribution in [0.2, 0.25) is 0 Å². The third kappa shape index (κ3) is 5.13. The van der Waals surface area contributed by atoms with Crippen molar-refractivity contribution in [3.63, 3.8) is 0 Å². The molecule has 0 aliphatic carbocycles. The number of allylic oxidation sites excluding steroid dienone is 2. The zero-order valence-electron chi connectivity index (χ0n) is 26.1. The van der Waals surface area contributed by atoms with Crippen LogP contribution in [-0.4, -0.2) is 0 Å². The number of hydrogen-bond donors (Lipinski definition) is 0. The molecule has 0 unspecified atom stereocenters. The summed E-state index contributed by atoms with van der Waals surface area (Å²) in [6, 6.07) is 41.3. The molecule has 6 heteroatoms. The second kappa shape index (κ2) is 11.8. The minimum atomic E-state index is -0.256. The molecule has 0 saturated carbocycles. The summed E-state index contributed by atoms with van der Waals surface area (Å²) < 4.78 is 28.8. The van der Waals surface area contributed by atoms with Crippen molar-refractivity contribution in [3.05, 3.63) is 177 Å². The van der Waals surface area contributed by atoms with Crippen LogP contribution in [0.3, 0.4) is 0 Å². The predicted molar refractivity (Wildman–Crippen MR) is 198 cm³/mol. The van der Waals surface area contributed by atoms with Crippen LogP contribution in [0.5, 0.6) is 0 Å². The van der Waals surface area contributed by atoms with E-state index < -0.39 is 0 Å². The van der Waals surface area contributed by atoms with Crippen molar-refractivity contribution in [2.24, 2.45) is 0 Å². The standard InChI is InChI=1S/C41H30F2N2S2/c1-25-10-7-15-31(22-25)39-27(3)45(37-17-9-14-30-24-33(43)19-21-35(30)37)41(47-39)40-44(26(2)38(46-40)28-11-5-4-6-12-28)36-16-8-13-29-23-32(42)18-20-34(29)36/h4-24H,1-3H3/b41-40+. The summed E-state index contributed by atoms with van der Waals surface area (Å²) in [5.41, 5.74) is 7.67. The van der Waals surface area contributed by atoms with E-state index >= 15 is 0 Å². The quantitative estimate of drug-likeness (QED) is 0.187. The molecule has 6 aromatic carbocycles. The Bertz CT molecular complexity index is 2320. The molecule has 0 amide bonds. The molecular weight excluding hydrogens is 623 g/mol. The van der Waals surface area contributed by atoms with Gasteiger partial charge in [0.05, 0.1) is 11.4 Å². The van der Waals surface area contributed by atoms with Gasteiger partial charge in [0, 0.05) is 32.0 Å². The Morgan fingerprint density at radius 3 is 1.49 bits per heavy atom. The molecule has 0 saturated heterocycles. The molecule has 230 valence electrons. The number of rotatable bonds is 4. The highest BCUT2D eigenvalue weighted by Gasteiger charge is 2.38. The van der Waals surface area contributed by atoms with Gasteiger partial charge in [0.25, 0.3) is 0 Å². The predicted octanol–water partition coefficient (Wildman–Crippen LogP) is 12.3. The van der Waals surface area contributed by atoms with Crippen LogP contribution >= 0.6 is 23.5 Å². The molecule has 2 heterocycles. The highest BCUT2D eigenvalue weighted by Crippen LogP contribution is 2.58. The molecular formula is C41H30F2N2S2. The molecule has 0 bridgehead atoms. The van der Waals surface area contributed by atoms with E-state index in [0.717, 1.165) is 70.4 Å². The van der Waals surface area contributed by atoms with Gasteiger partial charge in [-0.1, -0.05) is 108 Å². The number of benzene rings is 6. The maximum Gasteiger partial charge on any atom is 0.123 e. The van der Waals surface area contributed by atoms with Crippen LogP contribution in [0.15, 0.2) is 149 Å². The Balaban J connectivity index is 1.41. The van der Waals surface area contributed by atoms with Gasteiger partial charge in [0.15, 0.2) is 0 Å². The lowest BCUT2D eigenvalue weighted by Gasteiger charge is -2.29. The molecule has 6 aromatic rings. The summed E-state index contributed by atoms with van der Waals surface area (Å²) in [6.45, 7) is 6.45. The van der Waals surface area contributed by atoms with E-state index in [9.17, 15) is 8.78 Å². The third-order valence-electron chi connectivity index (χ3n) is 8.75. The van der Waals surface area contributed by atoms with Crippen LogP contribution in [0.25, 0.3) is 31.4 Å². The number of fused-ring (bicyclic) bond motifs is 2. The van der Waals surface area contributed by atoms with E-state index in [0.29, 0.717) is 0 Å². The Kier molecular flexibility index (Phi) is 7.42. The zero-order valence-corrected chi connectivity index (χ0v) is 27.7. The normalized spacial score (nSPS) is 16.8. The number of aryl methyl sites for hydroxylation is 1. The van der Waals surface area contributed by atoms with Gasteiger partial charge in [-0.05, 0) is 91.2 Å². The van der Waals surface area contributed by atoms with Crippen LogP contribution in [0, 0.1) is 18.6 Å². The van der Waals surface area contributed by atoms with Crippen LogP contribution in [-0.2, 0) is 0 Å². The molecule has 0 aromatic heterocycles. The van der Waals surface area contributed by atoms with Crippen molar-refractivity contribution < 1.29 is 8.78 Å². The molecule has 0 radical (unpaired) electrons. The number of hydrogen-bond acceptors (Lipinski definition) is 4. The maximum absolute atomic E-state index is 14.4. The first-order valence-electron chi connectivity index (χ1n) is 15.5. The van der Waals surface area contributed by atoms with Crippen molar-refractivity contribution in [1.82, 2.24) is 0 Å². The molecule has 2 aliphatic rings. The molecule has 2 aliphatic heterocycles. The van der Waals surface area contributed by atoms with Crippen LogP contribution in [0.1, 0.15) is 30.5 Å².